The van der Waals surface area contributed by atoms with Crippen LogP contribution in [0.2, 0.25) is 0 Å². The van der Waals surface area contributed by atoms with E-state index in [0.29, 0.717) is 4.88 Å². The van der Waals surface area contributed by atoms with Crippen molar-refractivity contribution in [3.63, 3.8) is 0 Å². The molecule has 5 heteroatoms. The highest BCUT2D eigenvalue weighted by Crippen LogP contribution is 2.28. The molecule has 1 aromatic rings. The SMILES string of the molecule is CCc1cc(C(=O)N(CC(=O)O)C2CCCC2)sc1C. The number of hydrogen-bond acceptors (Lipinski definition) is 3. The quantitative estimate of drug-likeness (QED) is 0.908. The van der Waals surface area contributed by atoms with Crippen LogP contribution in [-0.2, 0) is 11.2 Å². The van der Waals surface area contributed by atoms with Crippen molar-refractivity contribution in [1.82, 2.24) is 4.90 Å². The van der Waals surface area contributed by atoms with Crippen LogP contribution in [0.3, 0.4) is 0 Å². The van der Waals surface area contributed by atoms with E-state index in [0.717, 1.165) is 37.0 Å². The molecular formula is C15H21NO3S. The highest BCUT2D eigenvalue weighted by Gasteiger charge is 2.30. The van der Waals surface area contributed by atoms with E-state index in [-0.39, 0.29) is 18.5 Å². The Labute approximate surface area is 123 Å². The zero-order chi connectivity index (χ0) is 14.7. The topological polar surface area (TPSA) is 57.6 Å². The molecule has 1 amide bonds. The summed E-state index contributed by atoms with van der Waals surface area (Å²) in [5.74, 6) is -1.05. The summed E-state index contributed by atoms with van der Waals surface area (Å²) in [5, 5.41) is 9.06. The average molecular weight is 295 g/mol. The predicted molar refractivity (Wildman–Crippen MR) is 79.4 cm³/mol. The fraction of sp³-hybridized carbons (Fsp3) is 0.600. The zero-order valence-corrected chi connectivity index (χ0v) is 12.8. The first kappa shape index (κ1) is 15.0. The maximum absolute atomic E-state index is 12.6. The van der Waals surface area contributed by atoms with Crippen LogP contribution in [0.25, 0.3) is 0 Å². The van der Waals surface area contributed by atoms with Crippen molar-refractivity contribution in [3.8, 4) is 0 Å². The normalized spacial score (nSPS) is 15.5. The van der Waals surface area contributed by atoms with E-state index in [1.165, 1.54) is 16.9 Å². The van der Waals surface area contributed by atoms with Gasteiger partial charge in [-0.25, -0.2) is 0 Å². The molecule has 1 N–H and O–H groups in total. The van der Waals surface area contributed by atoms with Gasteiger partial charge in [-0.2, -0.15) is 0 Å². The molecule has 0 unspecified atom stereocenters. The minimum atomic E-state index is -0.936. The Morgan fingerprint density at radius 1 is 1.40 bits per heavy atom. The summed E-state index contributed by atoms with van der Waals surface area (Å²) in [6, 6.07) is 2.01. The van der Waals surface area contributed by atoms with Gasteiger partial charge in [0.15, 0.2) is 0 Å². The largest absolute Gasteiger partial charge is 0.480 e. The van der Waals surface area contributed by atoms with Crippen molar-refractivity contribution in [3.05, 3.63) is 21.4 Å². The van der Waals surface area contributed by atoms with Crippen LogP contribution in [0.15, 0.2) is 6.07 Å². The molecule has 4 nitrogen and oxygen atoms in total. The number of nitrogens with zero attached hydrogens (tertiary/aromatic N) is 1. The Hall–Kier alpha value is -1.36. The van der Waals surface area contributed by atoms with E-state index in [9.17, 15) is 9.59 Å². The minimum absolute atomic E-state index is 0.0890. The van der Waals surface area contributed by atoms with E-state index in [4.69, 9.17) is 5.11 Å². The Morgan fingerprint density at radius 3 is 2.55 bits per heavy atom. The van der Waals surface area contributed by atoms with Gasteiger partial charge in [-0.05, 0) is 37.8 Å². The molecule has 1 aliphatic rings. The van der Waals surface area contributed by atoms with Crippen molar-refractivity contribution < 1.29 is 14.7 Å². The Bertz CT molecular complexity index is 503. The number of hydrogen-bond donors (Lipinski definition) is 1. The molecule has 0 atom stereocenters. The lowest BCUT2D eigenvalue weighted by Crippen LogP contribution is -2.42. The summed E-state index contributed by atoms with van der Waals surface area (Å²) in [6.07, 6.45) is 4.90. The molecule has 0 aliphatic heterocycles. The lowest BCUT2D eigenvalue weighted by Gasteiger charge is -2.26. The first-order chi connectivity index (χ1) is 9.52. The summed E-state index contributed by atoms with van der Waals surface area (Å²) < 4.78 is 0. The first-order valence-corrected chi connectivity index (χ1v) is 7.96. The van der Waals surface area contributed by atoms with Crippen LogP contribution in [0.4, 0.5) is 0 Å². The van der Waals surface area contributed by atoms with Crippen molar-refractivity contribution in [2.75, 3.05) is 6.54 Å². The molecule has 0 spiro atoms. The van der Waals surface area contributed by atoms with Crippen molar-refractivity contribution in [1.29, 1.82) is 0 Å². The Morgan fingerprint density at radius 2 is 2.05 bits per heavy atom. The van der Waals surface area contributed by atoms with Gasteiger partial charge in [0.1, 0.15) is 6.54 Å². The third-order valence-electron chi connectivity index (χ3n) is 3.94. The minimum Gasteiger partial charge on any atom is -0.480 e. The van der Waals surface area contributed by atoms with Crippen LogP contribution in [0, 0.1) is 6.92 Å². The van der Waals surface area contributed by atoms with Gasteiger partial charge in [-0.15, -0.1) is 11.3 Å². The number of aliphatic carboxylic acids is 1. The highest BCUT2D eigenvalue weighted by molar-refractivity contribution is 7.14. The summed E-state index contributed by atoms with van der Waals surface area (Å²) in [5.41, 5.74) is 1.18. The molecule has 20 heavy (non-hydrogen) atoms. The van der Waals surface area contributed by atoms with Crippen LogP contribution in [0.1, 0.15) is 52.7 Å². The summed E-state index contributed by atoms with van der Waals surface area (Å²) in [7, 11) is 0. The fourth-order valence-electron chi connectivity index (χ4n) is 2.85. The van der Waals surface area contributed by atoms with Gasteiger partial charge in [0.25, 0.3) is 5.91 Å². The monoisotopic (exact) mass is 295 g/mol. The highest BCUT2D eigenvalue weighted by atomic mass is 32.1. The van der Waals surface area contributed by atoms with Crippen LogP contribution in [-0.4, -0.2) is 34.5 Å². The summed E-state index contributed by atoms with van der Waals surface area (Å²) in [4.78, 5) is 27.0. The molecule has 1 saturated carbocycles. The second-order valence-corrected chi connectivity index (χ2v) is 6.57. The van der Waals surface area contributed by atoms with Crippen LogP contribution < -0.4 is 0 Å². The number of rotatable bonds is 5. The van der Waals surface area contributed by atoms with Gasteiger partial charge >= 0.3 is 5.97 Å². The van der Waals surface area contributed by atoms with E-state index >= 15 is 0 Å². The molecule has 0 saturated heterocycles. The van der Waals surface area contributed by atoms with Gasteiger partial charge in [0.05, 0.1) is 4.88 Å². The number of carboxylic acids is 1. The second-order valence-electron chi connectivity index (χ2n) is 5.31. The predicted octanol–water partition coefficient (Wildman–Crippen LogP) is 3.09. The number of amides is 1. The lowest BCUT2D eigenvalue weighted by atomic mass is 10.1. The maximum atomic E-state index is 12.6. The van der Waals surface area contributed by atoms with Gasteiger partial charge < -0.3 is 10.0 Å². The molecule has 1 fully saturated rings. The van der Waals surface area contributed by atoms with E-state index < -0.39 is 5.97 Å². The lowest BCUT2D eigenvalue weighted by molar-refractivity contribution is -0.138. The molecule has 1 aromatic heterocycles. The first-order valence-electron chi connectivity index (χ1n) is 7.15. The van der Waals surface area contributed by atoms with Crippen LogP contribution in [0.5, 0.6) is 0 Å². The molecule has 2 rings (SSSR count). The molecule has 0 radical (unpaired) electrons. The molecule has 1 heterocycles. The van der Waals surface area contributed by atoms with Gasteiger partial charge in [0.2, 0.25) is 0 Å². The maximum Gasteiger partial charge on any atom is 0.323 e. The smallest absolute Gasteiger partial charge is 0.323 e. The van der Waals surface area contributed by atoms with Crippen molar-refractivity contribution in [2.45, 2.75) is 52.0 Å². The summed E-state index contributed by atoms with van der Waals surface area (Å²) >= 11 is 1.48. The average Bonchev–Trinajstić information content (AvgIpc) is 3.04. The molecule has 110 valence electrons. The molecule has 0 aromatic carbocycles. The molecule has 0 bridgehead atoms. The van der Waals surface area contributed by atoms with Gasteiger partial charge in [-0.3, -0.25) is 9.59 Å². The Balaban J connectivity index is 2.22. The number of carbonyl (C=O) groups excluding carboxylic acids is 1. The van der Waals surface area contributed by atoms with E-state index in [1.54, 1.807) is 4.90 Å². The number of carboxylic acid groups (broad SMARTS) is 1. The molecular weight excluding hydrogens is 274 g/mol. The van der Waals surface area contributed by atoms with E-state index in [1.807, 2.05) is 13.0 Å². The molecule has 1 aliphatic carbocycles. The van der Waals surface area contributed by atoms with Crippen molar-refractivity contribution in [2.24, 2.45) is 0 Å². The third kappa shape index (κ3) is 3.20. The fourth-order valence-corrected chi connectivity index (χ4v) is 3.92. The number of carbonyl (C=O) groups is 2. The zero-order valence-electron chi connectivity index (χ0n) is 12.0. The van der Waals surface area contributed by atoms with Crippen LogP contribution >= 0.6 is 11.3 Å². The van der Waals surface area contributed by atoms with Gasteiger partial charge in [0, 0.05) is 10.9 Å². The van der Waals surface area contributed by atoms with Gasteiger partial charge in [-0.1, -0.05) is 19.8 Å². The number of thiophene rings is 1. The Kier molecular flexibility index (Phi) is 4.81. The third-order valence-corrected chi connectivity index (χ3v) is 5.02. The standard InChI is InChI=1S/C15H21NO3S/c1-3-11-8-13(20-10(11)2)15(19)16(9-14(17)18)12-6-4-5-7-12/h8,12H,3-7,9H2,1-2H3,(H,17,18). The van der Waals surface area contributed by atoms with E-state index in [2.05, 4.69) is 6.92 Å². The summed E-state index contributed by atoms with van der Waals surface area (Å²) in [6.45, 7) is 3.88. The van der Waals surface area contributed by atoms with Crippen molar-refractivity contribution >= 4 is 23.2 Å². The number of aryl methyl sites for hydroxylation is 2. The second kappa shape index (κ2) is 6.39.